The average Bonchev–Trinajstić information content (AvgIpc) is 2.70. The molecule has 1 heteroatoms. The van der Waals surface area contributed by atoms with E-state index in [-0.39, 0.29) is 0 Å². The van der Waals surface area contributed by atoms with E-state index in [0.29, 0.717) is 0 Å². The zero-order chi connectivity index (χ0) is 19.6. The van der Waals surface area contributed by atoms with Crippen LogP contribution in [0.5, 0.6) is 0 Å². The Kier molecular flexibility index (Phi) is 15.5. The molecule has 1 aromatic heterocycles. The van der Waals surface area contributed by atoms with E-state index in [4.69, 9.17) is 0 Å². The fourth-order valence-electron chi connectivity index (χ4n) is 3.96. The number of hydrogen-bond donors (Lipinski definition) is 0. The van der Waals surface area contributed by atoms with Crippen LogP contribution in [0.2, 0.25) is 0 Å². The molecule has 0 saturated heterocycles. The number of unbranched alkanes of at least 4 members (excludes halogenated alkanes) is 14. The van der Waals surface area contributed by atoms with Crippen molar-refractivity contribution in [2.75, 3.05) is 0 Å². The summed E-state index contributed by atoms with van der Waals surface area (Å²) in [4.78, 5) is 0. The van der Waals surface area contributed by atoms with Gasteiger partial charge in [0.2, 0.25) is 0 Å². The maximum Gasteiger partial charge on any atom is 0.171 e. The van der Waals surface area contributed by atoms with Gasteiger partial charge in [0, 0.05) is 17.5 Å². The van der Waals surface area contributed by atoms with Crippen LogP contribution in [0.25, 0.3) is 0 Å². The molecule has 1 aromatic rings. The summed E-state index contributed by atoms with van der Waals surface area (Å²) in [5.41, 5.74) is 2.96. The minimum atomic E-state index is 1.15. The highest BCUT2D eigenvalue weighted by Gasteiger charge is 2.05. The van der Waals surface area contributed by atoms with Crippen molar-refractivity contribution in [3.63, 3.8) is 0 Å². The molecule has 1 nitrogen and oxygen atoms in total. The molecule has 0 N–H and O–H groups in total. The number of hydrogen-bond acceptors (Lipinski definition) is 0. The second-order valence-corrected chi connectivity index (χ2v) is 8.45. The van der Waals surface area contributed by atoms with E-state index in [1.165, 1.54) is 114 Å². The third-order valence-electron chi connectivity index (χ3n) is 5.87. The minimum absolute atomic E-state index is 1.15. The molecule has 0 atom stereocenters. The topological polar surface area (TPSA) is 3.88 Å². The van der Waals surface area contributed by atoms with Gasteiger partial charge < -0.3 is 0 Å². The molecule has 27 heavy (non-hydrogen) atoms. The second-order valence-electron chi connectivity index (χ2n) is 8.45. The molecule has 0 unspecified atom stereocenters. The van der Waals surface area contributed by atoms with Crippen molar-refractivity contribution in [3.8, 4) is 0 Å². The quantitative estimate of drug-likeness (QED) is 0.181. The number of aromatic nitrogens is 1. The van der Waals surface area contributed by atoms with Crippen LogP contribution >= 0.6 is 0 Å². The van der Waals surface area contributed by atoms with Crippen molar-refractivity contribution in [1.82, 2.24) is 0 Å². The van der Waals surface area contributed by atoms with Crippen molar-refractivity contribution >= 4 is 0 Å². The van der Waals surface area contributed by atoms with Crippen LogP contribution in [-0.2, 0) is 19.4 Å². The Hall–Kier alpha value is -0.850. The van der Waals surface area contributed by atoms with E-state index < -0.39 is 0 Å². The van der Waals surface area contributed by atoms with E-state index in [9.17, 15) is 0 Å². The first kappa shape index (κ1) is 24.2. The number of pyridine rings is 1. The predicted octanol–water partition coefficient (Wildman–Crippen LogP) is 7.97. The van der Waals surface area contributed by atoms with Crippen molar-refractivity contribution in [2.24, 2.45) is 0 Å². The summed E-state index contributed by atoms with van der Waals surface area (Å²) < 4.78 is 2.43. The Labute approximate surface area is 171 Å². The third kappa shape index (κ3) is 13.0. The van der Waals surface area contributed by atoms with Crippen LogP contribution in [0.15, 0.2) is 18.5 Å². The molecular weight excluding hydrogens is 326 g/mol. The maximum absolute atomic E-state index is 2.43. The first-order valence-electron chi connectivity index (χ1n) is 12.3. The molecule has 0 spiro atoms. The van der Waals surface area contributed by atoms with Gasteiger partial charge in [-0.1, -0.05) is 104 Å². The molecule has 0 fully saturated rings. The molecule has 0 aliphatic heterocycles. The lowest BCUT2D eigenvalue weighted by Crippen LogP contribution is -2.34. The molecule has 156 valence electrons. The third-order valence-corrected chi connectivity index (χ3v) is 5.87. The van der Waals surface area contributed by atoms with Crippen LogP contribution < -0.4 is 4.57 Å². The van der Waals surface area contributed by atoms with Gasteiger partial charge in [0.25, 0.3) is 0 Å². The van der Waals surface area contributed by atoms with E-state index in [2.05, 4.69) is 43.8 Å². The predicted molar refractivity (Wildman–Crippen MR) is 120 cm³/mol. The summed E-state index contributed by atoms with van der Waals surface area (Å²) in [6, 6.07) is 2.36. The lowest BCUT2D eigenvalue weighted by Gasteiger charge is -2.04. The first-order chi connectivity index (χ1) is 13.3. The van der Waals surface area contributed by atoms with Crippen LogP contribution in [0.1, 0.15) is 128 Å². The van der Waals surface area contributed by atoms with E-state index in [1.807, 2.05) is 0 Å². The maximum atomic E-state index is 2.43. The Morgan fingerprint density at radius 3 is 1.26 bits per heavy atom. The SMILES string of the molecule is CCCCCCCCCCCCCCCCC[n+]1cc(CC)cc(CC)c1. The second kappa shape index (κ2) is 17.3. The number of rotatable bonds is 18. The Bertz CT molecular complexity index is 429. The van der Waals surface area contributed by atoms with Crippen LogP contribution in [-0.4, -0.2) is 0 Å². The van der Waals surface area contributed by atoms with E-state index in [0.717, 1.165) is 12.8 Å². The van der Waals surface area contributed by atoms with Gasteiger partial charge in [-0.3, -0.25) is 0 Å². The molecule has 0 amide bonds. The lowest BCUT2D eigenvalue weighted by atomic mass is 10.0. The molecule has 0 radical (unpaired) electrons. The summed E-state index contributed by atoms with van der Waals surface area (Å²) in [7, 11) is 0. The van der Waals surface area contributed by atoms with Gasteiger partial charge in [0.05, 0.1) is 0 Å². The Morgan fingerprint density at radius 2 is 0.889 bits per heavy atom. The summed E-state index contributed by atoms with van der Waals surface area (Å²) in [5.74, 6) is 0. The molecule has 0 bridgehead atoms. The van der Waals surface area contributed by atoms with Crippen molar-refractivity contribution < 1.29 is 4.57 Å². The van der Waals surface area contributed by atoms with Gasteiger partial charge in [0.1, 0.15) is 6.54 Å². The normalized spacial score (nSPS) is 11.2. The summed E-state index contributed by atoms with van der Waals surface area (Å²) in [6.45, 7) is 8.00. The fourth-order valence-corrected chi connectivity index (χ4v) is 3.96. The monoisotopic (exact) mass is 374 g/mol. The molecular formula is C26H48N+. The Morgan fingerprint density at radius 1 is 0.519 bits per heavy atom. The zero-order valence-electron chi connectivity index (χ0n) is 18.9. The molecule has 0 saturated carbocycles. The van der Waals surface area contributed by atoms with Gasteiger partial charge in [-0.15, -0.1) is 0 Å². The van der Waals surface area contributed by atoms with Crippen molar-refractivity contribution in [3.05, 3.63) is 29.6 Å². The average molecular weight is 375 g/mol. The highest BCUT2D eigenvalue weighted by Crippen LogP contribution is 2.13. The zero-order valence-corrected chi connectivity index (χ0v) is 18.9. The highest BCUT2D eigenvalue weighted by atomic mass is 14.9. The molecule has 1 heterocycles. The fraction of sp³-hybridized carbons (Fsp3) is 0.808. The number of aryl methyl sites for hydroxylation is 3. The van der Waals surface area contributed by atoms with Crippen LogP contribution in [0, 0.1) is 0 Å². The van der Waals surface area contributed by atoms with Gasteiger partial charge in [-0.25, -0.2) is 4.57 Å². The molecule has 1 rings (SSSR count). The van der Waals surface area contributed by atoms with Gasteiger partial charge >= 0.3 is 0 Å². The standard InChI is InChI=1S/C26H48N/c1-4-7-8-9-10-11-12-13-14-15-16-17-18-19-20-21-27-23-25(5-2)22-26(6-3)24-27/h22-24H,4-21H2,1-3H3/q+1. The van der Waals surface area contributed by atoms with E-state index in [1.54, 1.807) is 0 Å². The highest BCUT2D eigenvalue weighted by molar-refractivity contribution is 5.14. The molecule has 0 aliphatic rings. The van der Waals surface area contributed by atoms with Crippen molar-refractivity contribution in [2.45, 2.75) is 136 Å². The largest absolute Gasteiger partial charge is 0.205 e. The molecule has 0 aromatic carbocycles. The first-order valence-corrected chi connectivity index (χ1v) is 12.3. The summed E-state index contributed by atoms with van der Waals surface area (Å²) in [6.07, 6.45) is 28.6. The van der Waals surface area contributed by atoms with Crippen LogP contribution in [0.4, 0.5) is 0 Å². The smallest absolute Gasteiger partial charge is 0.171 e. The lowest BCUT2D eigenvalue weighted by molar-refractivity contribution is -0.698. The van der Waals surface area contributed by atoms with Crippen LogP contribution in [0.3, 0.4) is 0 Å². The van der Waals surface area contributed by atoms with Gasteiger partial charge in [-0.2, -0.15) is 0 Å². The molecule has 0 aliphatic carbocycles. The summed E-state index contributed by atoms with van der Waals surface area (Å²) in [5, 5.41) is 0. The summed E-state index contributed by atoms with van der Waals surface area (Å²) >= 11 is 0. The van der Waals surface area contributed by atoms with Gasteiger partial charge in [0.15, 0.2) is 12.4 Å². The van der Waals surface area contributed by atoms with Gasteiger partial charge in [-0.05, 0) is 25.3 Å². The van der Waals surface area contributed by atoms with Crippen molar-refractivity contribution in [1.29, 1.82) is 0 Å². The Balaban J connectivity index is 1.91. The minimum Gasteiger partial charge on any atom is -0.205 e. The van der Waals surface area contributed by atoms with E-state index >= 15 is 0 Å². The number of nitrogens with zero attached hydrogens (tertiary/aromatic N) is 1.